The quantitative estimate of drug-likeness (QED) is 0.304. The van der Waals surface area contributed by atoms with Crippen molar-refractivity contribution in [2.45, 2.75) is 25.2 Å². The fourth-order valence-electron chi connectivity index (χ4n) is 3.46. The molecule has 0 amide bonds. The van der Waals surface area contributed by atoms with Gasteiger partial charge in [-0.3, -0.25) is 0 Å². The molecule has 5 heteroatoms. The van der Waals surface area contributed by atoms with Crippen LogP contribution in [0.15, 0.2) is 53.6 Å². The van der Waals surface area contributed by atoms with Crippen LogP contribution in [0.25, 0.3) is 10.4 Å². The van der Waals surface area contributed by atoms with Crippen LogP contribution in [-0.2, 0) is 10.2 Å². The van der Waals surface area contributed by atoms with Crippen LogP contribution in [-0.4, -0.2) is 19.8 Å². The third-order valence-corrected chi connectivity index (χ3v) is 4.53. The van der Waals surface area contributed by atoms with Crippen molar-refractivity contribution in [1.29, 1.82) is 0 Å². The molecule has 1 aliphatic rings. The molecule has 24 heavy (non-hydrogen) atoms. The van der Waals surface area contributed by atoms with Gasteiger partial charge in [0.15, 0.2) is 0 Å². The minimum absolute atomic E-state index is 0.368. The van der Waals surface area contributed by atoms with E-state index in [0.29, 0.717) is 19.8 Å². The maximum Gasteiger partial charge on any atom is 0.131 e. The van der Waals surface area contributed by atoms with Gasteiger partial charge >= 0.3 is 0 Å². The molecule has 0 atom stereocenters. The summed E-state index contributed by atoms with van der Waals surface area (Å²) >= 11 is 0. The van der Waals surface area contributed by atoms with Gasteiger partial charge in [-0.1, -0.05) is 41.5 Å². The second-order valence-corrected chi connectivity index (χ2v) is 5.87. The molecule has 2 aromatic rings. The number of hydrogen-bond donors (Lipinski definition) is 0. The van der Waals surface area contributed by atoms with Gasteiger partial charge in [0.05, 0.1) is 0 Å². The topological polar surface area (TPSA) is 67.2 Å². The number of ether oxygens (including phenoxy) is 2. The Morgan fingerprint density at radius 1 is 1.08 bits per heavy atom. The lowest BCUT2D eigenvalue weighted by molar-refractivity contribution is 0.138. The molecule has 0 radical (unpaired) electrons. The van der Waals surface area contributed by atoms with Crippen molar-refractivity contribution in [3.8, 4) is 11.5 Å². The first-order chi connectivity index (χ1) is 11.8. The molecular weight excluding hydrogens is 302 g/mol. The molecule has 0 spiro atoms. The summed E-state index contributed by atoms with van der Waals surface area (Å²) in [6, 6.07) is 16.0. The molecule has 0 aromatic heterocycles. The summed E-state index contributed by atoms with van der Waals surface area (Å²) < 4.78 is 11.6. The molecule has 0 saturated carbocycles. The number of azide groups is 1. The standard InChI is InChI=1S/C19H21N3O2/c1-2-23-13-7-12-19(14-21-22-20)15-8-3-5-10-17(15)24-18-11-6-4-9-16(18)19/h3-6,8-11H,2,7,12-14H2,1H3. The van der Waals surface area contributed by atoms with Crippen LogP contribution in [0.4, 0.5) is 0 Å². The molecule has 1 heterocycles. The Balaban J connectivity index is 2.09. The first-order valence-corrected chi connectivity index (χ1v) is 8.27. The van der Waals surface area contributed by atoms with Crippen LogP contribution in [0.1, 0.15) is 30.9 Å². The molecular formula is C19H21N3O2. The summed E-state index contributed by atoms with van der Waals surface area (Å²) in [5.41, 5.74) is 10.7. The molecule has 0 aliphatic carbocycles. The van der Waals surface area contributed by atoms with E-state index >= 15 is 0 Å². The summed E-state index contributed by atoms with van der Waals surface area (Å²) in [7, 11) is 0. The van der Waals surface area contributed by atoms with E-state index < -0.39 is 0 Å². The van der Waals surface area contributed by atoms with Crippen LogP contribution in [0, 0.1) is 0 Å². The number of fused-ring (bicyclic) bond motifs is 2. The molecule has 0 saturated heterocycles. The zero-order chi connectivity index (χ0) is 16.8. The summed E-state index contributed by atoms with van der Waals surface area (Å²) in [4.78, 5) is 3.02. The monoisotopic (exact) mass is 323 g/mol. The minimum atomic E-state index is -0.380. The molecule has 0 N–H and O–H groups in total. The van der Waals surface area contributed by atoms with Crippen molar-refractivity contribution in [2.24, 2.45) is 5.11 Å². The van der Waals surface area contributed by atoms with E-state index in [9.17, 15) is 0 Å². The fraction of sp³-hybridized carbons (Fsp3) is 0.368. The van der Waals surface area contributed by atoms with Gasteiger partial charge < -0.3 is 9.47 Å². The van der Waals surface area contributed by atoms with Crippen molar-refractivity contribution < 1.29 is 9.47 Å². The predicted octanol–water partition coefficient (Wildman–Crippen LogP) is 5.21. The van der Waals surface area contributed by atoms with Crippen LogP contribution in [0.2, 0.25) is 0 Å². The van der Waals surface area contributed by atoms with E-state index in [2.05, 4.69) is 22.2 Å². The summed E-state index contributed by atoms with van der Waals surface area (Å²) in [5.74, 6) is 1.67. The Labute approximate surface area is 141 Å². The highest BCUT2D eigenvalue weighted by molar-refractivity contribution is 5.57. The molecule has 5 nitrogen and oxygen atoms in total. The average Bonchev–Trinajstić information content (AvgIpc) is 2.63. The van der Waals surface area contributed by atoms with Gasteiger partial charge in [0, 0.05) is 41.2 Å². The molecule has 124 valence electrons. The molecule has 1 aliphatic heterocycles. The summed E-state index contributed by atoms with van der Waals surface area (Å²) in [6.07, 6.45) is 1.72. The lowest BCUT2D eigenvalue weighted by atomic mass is 9.69. The number of nitrogens with zero attached hydrogens (tertiary/aromatic N) is 3. The van der Waals surface area contributed by atoms with E-state index in [0.717, 1.165) is 35.5 Å². The fourth-order valence-corrected chi connectivity index (χ4v) is 3.46. The molecule has 0 fully saturated rings. The van der Waals surface area contributed by atoms with Crippen molar-refractivity contribution in [3.63, 3.8) is 0 Å². The van der Waals surface area contributed by atoms with Crippen LogP contribution < -0.4 is 4.74 Å². The first-order valence-electron chi connectivity index (χ1n) is 8.27. The number of para-hydroxylation sites is 2. The highest BCUT2D eigenvalue weighted by Crippen LogP contribution is 2.50. The number of rotatable bonds is 7. The maximum absolute atomic E-state index is 8.92. The Bertz CT molecular complexity index is 708. The van der Waals surface area contributed by atoms with Crippen molar-refractivity contribution in [3.05, 3.63) is 70.1 Å². The molecule has 0 bridgehead atoms. The Kier molecular flexibility index (Phi) is 5.04. The number of benzene rings is 2. The number of hydrogen-bond acceptors (Lipinski definition) is 3. The lowest BCUT2D eigenvalue weighted by Crippen LogP contribution is -2.34. The normalized spacial score (nSPS) is 14.0. The van der Waals surface area contributed by atoms with Gasteiger partial charge in [-0.15, -0.1) is 0 Å². The van der Waals surface area contributed by atoms with Crippen molar-refractivity contribution in [1.82, 2.24) is 0 Å². The lowest BCUT2D eigenvalue weighted by Gasteiger charge is -2.39. The zero-order valence-corrected chi connectivity index (χ0v) is 13.8. The largest absolute Gasteiger partial charge is 0.457 e. The Morgan fingerprint density at radius 3 is 2.29 bits per heavy atom. The van der Waals surface area contributed by atoms with Crippen LogP contribution in [0.3, 0.4) is 0 Å². The third kappa shape index (κ3) is 2.96. The predicted molar refractivity (Wildman–Crippen MR) is 93.5 cm³/mol. The van der Waals surface area contributed by atoms with Crippen LogP contribution in [0.5, 0.6) is 11.5 Å². The zero-order valence-electron chi connectivity index (χ0n) is 13.8. The summed E-state index contributed by atoms with van der Waals surface area (Å²) in [5, 5.41) is 3.95. The van der Waals surface area contributed by atoms with Crippen molar-refractivity contribution >= 4 is 0 Å². The van der Waals surface area contributed by atoms with E-state index in [4.69, 9.17) is 15.0 Å². The van der Waals surface area contributed by atoms with Gasteiger partial charge in [-0.05, 0) is 37.4 Å². The second-order valence-electron chi connectivity index (χ2n) is 5.87. The third-order valence-electron chi connectivity index (χ3n) is 4.53. The Hall–Kier alpha value is -2.49. The Morgan fingerprint density at radius 2 is 1.71 bits per heavy atom. The van der Waals surface area contributed by atoms with E-state index in [-0.39, 0.29) is 5.41 Å². The summed E-state index contributed by atoms with van der Waals surface area (Å²) in [6.45, 7) is 3.77. The molecule has 0 unspecified atom stereocenters. The van der Waals surface area contributed by atoms with Crippen molar-refractivity contribution in [2.75, 3.05) is 19.8 Å². The van der Waals surface area contributed by atoms with Crippen LogP contribution >= 0.6 is 0 Å². The highest BCUT2D eigenvalue weighted by Gasteiger charge is 2.41. The minimum Gasteiger partial charge on any atom is -0.457 e. The van der Waals surface area contributed by atoms with E-state index in [1.807, 2.05) is 43.3 Å². The maximum atomic E-state index is 8.92. The highest BCUT2D eigenvalue weighted by atomic mass is 16.5. The van der Waals surface area contributed by atoms with Gasteiger partial charge in [0.2, 0.25) is 0 Å². The van der Waals surface area contributed by atoms with Gasteiger partial charge in [-0.2, -0.15) is 0 Å². The van der Waals surface area contributed by atoms with Gasteiger partial charge in [0.1, 0.15) is 11.5 Å². The molecule has 3 rings (SSSR count). The SMILES string of the molecule is CCOCCCC1(CN=[N+]=[N-])c2ccccc2Oc2ccccc21. The molecule has 2 aromatic carbocycles. The second kappa shape index (κ2) is 7.39. The average molecular weight is 323 g/mol. The van der Waals surface area contributed by atoms with E-state index in [1.54, 1.807) is 0 Å². The van der Waals surface area contributed by atoms with Gasteiger partial charge in [-0.25, -0.2) is 0 Å². The first kappa shape index (κ1) is 16.4. The van der Waals surface area contributed by atoms with Gasteiger partial charge in [0.25, 0.3) is 0 Å². The smallest absolute Gasteiger partial charge is 0.131 e. The van der Waals surface area contributed by atoms with E-state index in [1.165, 1.54) is 0 Å².